The van der Waals surface area contributed by atoms with E-state index in [-0.39, 0.29) is 11.9 Å². The number of anilines is 1. The minimum atomic E-state index is 0.0654. The summed E-state index contributed by atoms with van der Waals surface area (Å²) in [6, 6.07) is 10.2. The number of fused-ring (bicyclic) bond motifs is 2. The van der Waals surface area contributed by atoms with Crippen molar-refractivity contribution in [3.63, 3.8) is 0 Å². The van der Waals surface area contributed by atoms with Gasteiger partial charge in [-0.05, 0) is 68.2 Å². The van der Waals surface area contributed by atoms with Gasteiger partial charge in [-0.15, -0.1) is 0 Å². The first-order chi connectivity index (χ1) is 17.0. The fourth-order valence-electron chi connectivity index (χ4n) is 5.33. The smallest absolute Gasteiger partial charge is 0.253 e. The largest absolute Gasteiger partial charge is 0.339 e. The van der Waals surface area contributed by atoms with E-state index in [0.29, 0.717) is 11.6 Å². The van der Waals surface area contributed by atoms with E-state index in [1.807, 2.05) is 36.1 Å². The molecule has 0 aliphatic carbocycles. The van der Waals surface area contributed by atoms with Crippen molar-refractivity contribution in [3.05, 3.63) is 58.9 Å². The molecule has 1 aromatic carbocycles. The molecule has 2 fully saturated rings. The van der Waals surface area contributed by atoms with Gasteiger partial charge in [0.1, 0.15) is 16.9 Å². The Hall–Kier alpha value is -3.79. The Kier molecular flexibility index (Phi) is 5.44. The maximum atomic E-state index is 13.0. The third-order valence-electron chi connectivity index (χ3n) is 7.08. The van der Waals surface area contributed by atoms with Gasteiger partial charge in [-0.1, -0.05) is 0 Å². The molecule has 0 saturated carbocycles. The molecule has 3 aromatic rings. The summed E-state index contributed by atoms with van der Waals surface area (Å²) in [7, 11) is 0. The maximum absolute atomic E-state index is 13.0. The van der Waals surface area contributed by atoms with Crippen LogP contribution in [-0.4, -0.2) is 80.3 Å². The Morgan fingerprint density at radius 3 is 2.74 bits per heavy atom. The summed E-state index contributed by atoms with van der Waals surface area (Å²) in [5.74, 6) is 1.61. The van der Waals surface area contributed by atoms with Gasteiger partial charge in [0.15, 0.2) is 0 Å². The number of aromatic nitrogens is 4. The first kappa shape index (κ1) is 21.7. The molecule has 0 bridgehead atoms. The van der Waals surface area contributed by atoms with E-state index < -0.39 is 0 Å². The van der Waals surface area contributed by atoms with Gasteiger partial charge >= 0.3 is 0 Å². The standard InChI is InChI=1S/C25H29N9O/c1-15-9-16(2)27-23(10-15)29-25-26-12-18-13-34(14-22(18)28-25)19-5-7-33(8-6-19)24(35)17-3-4-20-21(11-17)31-32-30-20/h3-4,9-12,19,22H,5-8,13-14H2,1-2H3,(H,30,31,32)(H2,26,27,28,29). The molecule has 1 unspecified atom stereocenters. The molecule has 1 amide bonds. The van der Waals surface area contributed by atoms with Gasteiger partial charge in [0.2, 0.25) is 5.96 Å². The molecule has 3 aliphatic rings. The summed E-state index contributed by atoms with van der Waals surface area (Å²) in [6.07, 6.45) is 4.01. The number of nitrogens with zero attached hydrogens (tertiary/aromatic N) is 6. The van der Waals surface area contributed by atoms with E-state index in [1.54, 1.807) is 0 Å². The predicted octanol–water partition coefficient (Wildman–Crippen LogP) is 2.21. The van der Waals surface area contributed by atoms with Crippen molar-refractivity contribution < 1.29 is 4.79 Å². The molecular weight excluding hydrogens is 442 g/mol. The first-order valence-electron chi connectivity index (χ1n) is 12.1. The molecule has 0 radical (unpaired) electrons. The topological polar surface area (TPSA) is 114 Å². The summed E-state index contributed by atoms with van der Waals surface area (Å²) in [4.78, 5) is 27.0. The summed E-state index contributed by atoms with van der Waals surface area (Å²) in [5, 5.41) is 17.4. The van der Waals surface area contributed by atoms with E-state index >= 15 is 0 Å². The number of pyridine rings is 1. The first-order valence-corrected chi connectivity index (χ1v) is 12.1. The van der Waals surface area contributed by atoms with Gasteiger partial charge in [-0.25, -0.2) is 9.98 Å². The number of carbonyl (C=O) groups is 1. The summed E-state index contributed by atoms with van der Waals surface area (Å²) in [5.41, 5.74) is 5.61. The van der Waals surface area contributed by atoms with Crippen molar-refractivity contribution in [2.24, 2.45) is 4.99 Å². The van der Waals surface area contributed by atoms with E-state index in [0.717, 1.165) is 67.5 Å². The number of guanidine groups is 1. The number of nitrogens with one attached hydrogen (secondary N) is 3. The normalized spacial score (nSPS) is 20.9. The Balaban J connectivity index is 1.06. The Morgan fingerprint density at radius 2 is 1.91 bits per heavy atom. The number of hydrogen-bond donors (Lipinski definition) is 3. The number of rotatable bonds is 3. The number of likely N-dealkylation sites (tertiary alicyclic amines) is 2. The Labute approximate surface area is 203 Å². The van der Waals surface area contributed by atoms with Crippen molar-refractivity contribution in [3.8, 4) is 0 Å². The van der Waals surface area contributed by atoms with Gasteiger partial charge in [0.05, 0.1) is 6.04 Å². The minimum Gasteiger partial charge on any atom is -0.339 e. The zero-order valence-electron chi connectivity index (χ0n) is 20.0. The number of amides is 1. The van der Waals surface area contributed by atoms with Crippen molar-refractivity contribution in [2.75, 3.05) is 31.5 Å². The molecule has 0 spiro atoms. The summed E-state index contributed by atoms with van der Waals surface area (Å²) >= 11 is 0. The van der Waals surface area contributed by atoms with Crippen LogP contribution >= 0.6 is 0 Å². The van der Waals surface area contributed by atoms with Crippen molar-refractivity contribution >= 4 is 28.7 Å². The van der Waals surface area contributed by atoms with Crippen LogP contribution < -0.4 is 10.6 Å². The van der Waals surface area contributed by atoms with Crippen molar-refractivity contribution in [1.82, 2.24) is 35.5 Å². The second-order valence-corrected chi connectivity index (χ2v) is 9.63. The number of aryl methyl sites for hydroxylation is 2. The molecule has 1 atom stereocenters. The van der Waals surface area contributed by atoms with Gasteiger partial charge in [0, 0.05) is 49.7 Å². The van der Waals surface area contributed by atoms with Crippen LogP contribution in [0.4, 0.5) is 5.82 Å². The predicted molar refractivity (Wildman–Crippen MR) is 134 cm³/mol. The molecule has 6 rings (SSSR count). The number of aromatic amines is 1. The molecule has 35 heavy (non-hydrogen) atoms. The lowest BCUT2D eigenvalue weighted by molar-refractivity contribution is 0.0645. The monoisotopic (exact) mass is 471 g/mol. The van der Waals surface area contributed by atoms with Crippen LogP contribution in [0.1, 0.15) is 34.5 Å². The fraction of sp³-hybridized carbons (Fsp3) is 0.400. The highest BCUT2D eigenvalue weighted by molar-refractivity contribution is 5.97. The molecule has 3 N–H and O–H groups in total. The molecule has 10 nitrogen and oxygen atoms in total. The number of hydrogen-bond acceptors (Lipinski definition) is 8. The van der Waals surface area contributed by atoms with Crippen LogP contribution in [0.5, 0.6) is 0 Å². The van der Waals surface area contributed by atoms with Gasteiger partial charge in [0.25, 0.3) is 5.91 Å². The lowest BCUT2D eigenvalue weighted by atomic mass is 10.0. The van der Waals surface area contributed by atoms with E-state index in [4.69, 9.17) is 4.99 Å². The number of benzene rings is 1. The third-order valence-corrected chi connectivity index (χ3v) is 7.08. The molecule has 10 heteroatoms. The molecular formula is C25H29N9O. The summed E-state index contributed by atoms with van der Waals surface area (Å²) in [6.45, 7) is 7.39. The molecule has 180 valence electrons. The molecule has 3 aliphatic heterocycles. The quantitative estimate of drug-likeness (QED) is 0.537. The van der Waals surface area contributed by atoms with Gasteiger partial charge < -0.3 is 15.5 Å². The fourth-order valence-corrected chi connectivity index (χ4v) is 5.33. The second kappa shape index (κ2) is 8.77. The number of aliphatic imine (C=N–C) groups is 1. The van der Waals surface area contributed by atoms with Gasteiger partial charge in [-0.2, -0.15) is 15.4 Å². The number of H-pyrrole nitrogens is 1. The number of piperidine rings is 1. The minimum absolute atomic E-state index is 0.0654. The van der Waals surface area contributed by atoms with Crippen LogP contribution in [0.3, 0.4) is 0 Å². The number of carbonyl (C=O) groups excluding carboxylic acids is 1. The maximum Gasteiger partial charge on any atom is 0.253 e. The Morgan fingerprint density at radius 1 is 1.09 bits per heavy atom. The highest BCUT2D eigenvalue weighted by atomic mass is 16.2. The van der Waals surface area contributed by atoms with Crippen LogP contribution in [0.15, 0.2) is 47.1 Å². The Bertz CT molecular complexity index is 1320. The average molecular weight is 472 g/mol. The second-order valence-electron chi connectivity index (χ2n) is 9.63. The van der Waals surface area contributed by atoms with E-state index in [2.05, 4.69) is 55.1 Å². The molecule has 2 saturated heterocycles. The SMILES string of the molecule is Cc1cc(C)nc(NC2=NC3CN(C4CCN(C(=O)c5ccc6n[nH]nc6c5)CC4)CC3=CN2)c1. The van der Waals surface area contributed by atoms with Crippen molar-refractivity contribution in [2.45, 2.75) is 38.8 Å². The van der Waals surface area contributed by atoms with Crippen LogP contribution in [0.2, 0.25) is 0 Å². The van der Waals surface area contributed by atoms with E-state index in [9.17, 15) is 4.79 Å². The average Bonchev–Trinajstić information content (AvgIpc) is 3.49. The van der Waals surface area contributed by atoms with Crippen LogP contribution in [-0.2, 0) is 0 Å². The highest BCUT2D eigenvalue weighted by Crippen LogP contribution is 2.28. The molecule has 5 heterocycles. The lowest BCUT2D eigenvalue weighted by Crippen LogP contribution is -2.46. The van der Waals surface area contributed by atoms with Crippen LogP contribution in [0.25, 0.3) is 11.0 Å². The third kappa shape index (κ3) is 4.37. The van der Waals surface area contributed by atoms with Crippen LogP contribution in [0, 0.1) is 13.8 Å². The lowest BCUT2D eigenvalue weighted by Gasteiger charge is -2.36. The zero-order chi connectivity index (χ0) is 23.9. The zero-order valence-corrected chi connectivity index (χ0v) is 20.0. The highest BCUT2D eigenvalue weighted by Gasteiger charge is 2.36. The van der Waals surface area contributed by atoms with E-state index in [1.165, 1.54) is 11.1 Å². The van der Waals surface area contributed by atoms with Crippen molar-refractivity contribution in [1.29, 1.82) is 0 Å². The van der Waals surface area contributed by atoms with Gasteiger partial charge in [-0.3, -0.25) is 9.69 Å². The molecule has 2 aromatic heterocycles. The summed E-state index contributed by atoms with van der Waals surface area (Å²) < 4.78 is 0.